The summed E-state index contributed by atoms with van der Waals surface area (Å²) in [7, 11) is 0. The normalized spacial score (nSPS) is 14.4. The number of furan rings is 1. The summed E-state index contributed by atoms with van der Waals surface area (Å²) in [4.78, 5) is 39.2. The Balaban J connectivity index is 1.49. The molecule has 2 aromatic heterocycles. The molecule has 0 saturated carbocycles. The summed E-state index contributed by atoms with van der Waals surface area (Å²) in [6.45, 7) is 3.34. The average Bonchev–Trinajstić information content (AvgIpc) is 3.44. The van der Waals surface area contributed by atoms with Crippen molar-refractivity contribution in [2.75, 3.05) is 0 Å². The molecule has 1 aromatic carbocycles. The van der Waals surface area contributed by atoms with Crippen molar-refractivity contribution in [2.45, 2.75) is 26.5 Å². The quantitative estimate of drug-likeness (QED) is 0.467. The van der Waals surface area contributed by atoms with Crippen LogP contribution in [0.2, 0.25) is 0 Å². The molecule has 29 heavy (non-hydrogen) atoms. The molecule has 0 fully saturated rings. The van der Waals surface area contributed by atoms with E-state index in [9.17, 15) is 14.4 Å². The molecule has 8 heteroatoms. The summed E-state index contributed by atoms with van der Waals surface area (Å²) in [5.74, 6) is -1.11. The van der Waals surface area contributed by atoms with E-state index in [4.69, 9.17) is 13.7 Å². The maximum atomic E-state index is 12.8. The van der Waals surface area contributed by atoms with Crippen molar-refractivity contribution in [1.29, 1.82) is 0 Å². The van der Waals surface area contributed by atoms with E-state index in [0.29, 0.717) is 17.2 Å². The summed E-state index contributed by atoms with van der Waals surface area (Å²) < 4.78 is 15.8. The highest BCUT2D eigenvalue weighted by molar-refractivity contribution is 6.22. The lowest BCUT2D eigenvalue weighted by Crippen LogP contribution is -2.48. The standard InChI is InChI=1S/C21H18N2O6/c1-12(2)18(23-19(24)14-6-3-4-7-15(14)20(23)25)21(26)28-11-13-10-17(29-22-13)16-8-5-9-27-16/h3-10,12,18H,11H2,1-2H3/t18-/m1/s1. The molecule has 1 aliphatic rings. The lowest BCUT2D eigenvalue weighted by atomic mass is 10.0. The summed E-state index contributed by atoms with van der Waals surface area (Å²) in [6, 6.07) is 10.5. The molecule has 148 valence electrons. The Hall–Kier alpha value is -3.68. The number of hydrogen-bond donors (Lipinski definition) is 0. The van der Waals surface area contributed by atoms with Crippen LogP contribution in [0.4, 0.5) is 0 Å². The van der Waals surface area contributed by atoms with E-state index in [2.05, 4.69) is 5.16 Å². The molecular formula is C21H18N2O6. The van der Waals surface area contributed by atoms with Crippen LogP contribution in [-0.4, -0.2) is 33.9 Å². The maximum Gasteiger partial charge on any atom is 0.330 e. The van der Waals surface area contributed by atoms with Gasteiger partial charge in [-0.3, -0.25) is 14.5 Å². The van der Waals surface area contributed by atoms with Crippen LogP contribution in [0.3, 0.4) is 0 Å². The number of esters is 1. The molecule has 0 N–H and O–H groups in total. The Morgan fingerprint density at radius 2 is 1.76 bits per heavy atom. The number of rotatable bonds is 6. The second kappa shape index (κ2) is 7.38. The topological polar surface area (TPSA) is 103 Å². The van der Waals surface area contributed by atoms with Gasteiger partial charge in [0.15, 0.2) is 5.76 Å². The third kappa shape index (κ3) is 3.33. The summed E-state index contributed by atoms with van der Waals surface area (Å²) >= 11 is 0. The largest absolute Gasteiger partial charge is 0.461 e. The molecule has 3 heterocycles. The van der Waals surface area contributed by atoms with Crippen LogP contribution in [0.25, 0.3) is 11.5 Å². The average molecular weight is 394 g/mol. The SMILES string of the molecule is CC(C)[C@H](C(=O)OCc1cc(-c2ccco2)on1)N1C(=O)c2ccccc2C1=O. The van der Waals surface area contributed by atoms with Gasteiger partial charge < -0.3 is 13.7 Å². The third-order valence-corrected chi connectivity index (χ3v) is 4.66. The highest BCUT2D eigenvalue weighted by atomic mass is 16.5. The number of benzene rings is 1. The minimum absolute atomic E-state index is 0.157. The lowest BCUT2D eigenvalue weighted by Gasteiger charge is -2.27. The highest BCUT2D eigenvalue weighted by Crippen LogP contribution is 2.28. The second-order valence-electron chi connectivity index (χ2n) is 6.98. The molecule has 0 radical (unpaired) electrons. The number of imide groups is 1. The summed E-state index contributed by atoms with van der Waals surface area (Å²) in [6.07, 6.45) is 1.51. The molecule has 8 nitrogen and oxygen atoms in total. The van der Waals surface area contributed by atoms with Gasteiger partial charge in [0.2, 0.25) is 5.76 Å². The van der Waals surface area contributed by atoms with Gasteiger partial charge in [-0.15, -0.1) is 0 Å². The lowest BCUT2D eigenvalue weighted by molar-refractivity contribution is -0.151. The van der Waals surface area contributed by atoms with Crippen molar-refractivity contribution < 1.29 is 28.1 Å². The molecule has 1 aliphatic heterocycles. The summed E-state index contributed by atoms with van der Waals surface area (Å²) in [5, 5.41) is 3.85. The number of fused-ring (bicyclic) bond motifs is 1. The third-order valence-electron chi connectivity index (χ3n) is 4.66. The monoisotopic (exact) mass is 394 g/mol. The molecule has 2 amide bonds. The molecule has 0 saturated heterocycles. The number of carbonyl (C=O) groups excluding carboxylic acids is 3. The van der Waals surface area contributed by atoms with Gasteiger partial charge in [0.05, 0.1) is 17.4 Å². The molecule has 0 bridgehead atoms. The number of carbonyl (C=O) groups is 3. The number of hydrogen-bond acceptors (Lipinski definition) is 7. The van der Waals surface area contributed by atoms with Gasteiger partial charge >= 0.3 is 5.97 Å². The Morgan fingerprint density at radius 1 is 1.07 bits per heavy atom. The van der Waals surface area contributed by atoms with Crippen molar-refractivity contribution in [3.63, 3.8) is 0 Å². The fourth-order valence-electron chi connectivity index (χ4n) is 3.28. The van der Waals surface area contributed by atoms with Gasteiger partial charge in [-0.25, -0.2) is 4.79 Å². The Morgan fingerprint density at radius 3 is 2.34 bits per heavy atom. The molecule has 4 rings (SSSR count). The zero-order valence-corrected chi connectivity index (χ0v) is 15.8. The van der Waals surface area contributed by atoms with E-state index in [1.807, 2.05) is 0 Å². The smallest absolute Gasteiger partial charge is 0.330 e. The van der Waals surface area contributed by atoms with Crippen LogP contribution in [0.5, 0.6) is 0 Å². The minimum atomic E-state index is -1.04. The zero-order chi connectivity index (χ0) is 20.5. The van der Waals surface area contributed by atoms with E-state index in [-0.39, 0.29) is 23.7 Å². The zero-order valence-electron chi connectivity index (χ0n) is 15.8. The Bertz CT molecular complexity index is 1030. The molecule has 0 spiro atoms. The van der Waals surface area contributed by atoms with Crippen LogP contribution in [0.15, 0.2) is 57.7 Å². The maximum absolute atomic E-state index is 12.8. The van der Waals surface area contributed by atoms with Gasteiger partial charge in [0, 0.05) is 6.07 Å². The van der Waals surface area contributed by atoms with Gasteiger partial charge in [0.25, 0.3) is 11.8 Å². The van der Waals surface area contributed by atoms with Gasteiger partial charge in [-0.05, 0) is 30.2 Å². The predicted octanol–water partition coefficient (Wildman–Crippen LogP) is 3.30. The first-order valence-corrected chi connectivity index (χ1v) is 9.10. The van der Waals surface area contributed by atoms with Crippen molar-refractivity contribution in [1.82, 2.24) is 10.1 Å². The van der Waals surface area contributed by atoms with E-state index in [1.165, 1.54) is 6.26 Å². The first-order chi connectivity index (χ1) is 14.0. The number of ether oxygens (including phenoxy) is 1. The van der Waals surface area contributed by atoms with Gasteiger partial charge in [0.1, 0.15) is 18.3 Å². The van der Waals surface area contributed by atoms with Crippen molar-refractivity contribution in [2.24, 2.45) is 5.92 Å². The molecule has 0 aliphatic carbocycles. The van der Waals surface area contributed by atoms with Crippen LogP contribution in [-0.2, 0) is 16.1 Å². The second-order valence-corrected chi connectivity index (χ2v) is 6.98. The predicted molar refractivity (Wildman–Crippen MR) is 99.6 cm³/mol. The molecule has 1 atom stereocenters. The van der Waals surface area contributed by atoms with Crippen molar-refractivity contribution >= 4 is 17.8 Å². The van der Waals surface area contributed by atoms with Crippen molar-refractivity contribution in [3.8, 4) is 11.5 Å². The Kier molecular flexibility index (Phi) is 4.75. The molecule has 0 unspecified atom stereocenters. The van der Waals surface area contributed by atoms with Crippen LogP contribution in [0.1, 0.15) is 40.3 Å². The van der Waals surface area contributed by atoms with E-state index in [1.54, 1.807) is 56.3 Å². The van der Waals surface area contributed by atoms with Crippen LogP contribution in [0, 0.1) is 5.92 Å². The highest BCUT2D eigenvalue weighted by Gasteiger charge is 2.44. The first kappa shape index (κ1) is 18.7. The number of amides is 2. The molecular weight excluding hydrogens is 376 g/mol. The molecule has 3 aromatic rings. The van der Waals surface area contributed by atoms with Gasteiger partial charge in [-0.2, -0.15) is 0 Å². The Labute approximate surface area is 166 Å². The van der Waals surface area contributed by atoms with E-state index >= 15 is 0 Å². The summed E-state index contributed by atoms with van der Waals surface area (Å²) in [5.41, 5.74) is 0.959. The van der Waals surface area contributed by atoms with Crippen LogP contribution >= 0.6 is 0 Å². The van der Waals surface area contributed by atoms with E-state index < -0.39 is 23.8 Å². The van der Waals surface area contributed by atoms with E-state index in [0.717, 1.165) is 4.90 Å². The number of nitrogens with zero attached hydrogens (tertiary/aromatic N) is 2. The van der Waals surface area contributed by atoms with Crippen LogP contribution < -0.4 is 0 Å². The van der Waals surface area contributed by atoms with Crippen molar-refractivity contribution in [3.05, 3.63) is 65.5 Å². The van der Waals surface area contributed by atoms with Gasteiger partial charge in [-0.1, -0.05) is 31.1 Å². The minimum Gasteiger partial charge on any atom is -0.461 e. The number of aromatic nitrogens is 1. The fourth-order valence-corrected chi connectivity index (χ4v) is 3.28. The fraction of sp³-hybridized carbons (Fsp3) is 0.238. The first-order valence-electron chi connectivity index (χ1n) is 9.10.